The summed E-state index contributed by atoms with van der Waals surface area (Å²) in [4.78, 5) is 10.4. The summed E-state index contributed by atoms with van der Waals surface area (Å²) < 4.78 is 27.2. The number of rotatable bonds is 5. The van der Waals surface area contributed by atoms with Crippen molar-refractivity contribution in [3.05, 3.63) is 73.7 Å². The quantitative estimate of drug-likeness (QED) is 0.652. The molecule has 2 aromatic carbocycles. The zero-order chi connectivity index (χ0) is 15.4. The van der Waals surface area contributed by atoms with Crippen molar-refractivity contribution in [1.82, 2.24) is 5.32 Å². The smallest absolute Gasteiger partial charge is 0.273 e. The van der Waals surface area contributed by atoms with Crippen LogP contribution in [0.4, 0.5) is 14.5 Å². The summed E-state index contributed by atoms with van der Waals surface area (Å²) >= 11 is 3.24. The lowest BCUT2D eigenvalue weighted by molar-refractivity contribution is -0.385. The predicted octanol–water partition coefficient (Wildman–Crippen LogP) is 3.93. The number of nitro benzene ring substituents is 1. The maximum Gasteiger partial charge on any atom is 0.273 e. The third-order valence-electron chi connectivity index (χ3n) is 2.88. The van der Waals surface area contributed by atoms with Crippen molar-refractivity contribution in [1.29, 1.82) is 0 Å². The van der Waals surface area contributed by atoms with Crippen LogP contribution in [0.2, 0.25) is 0 Å². The molecule has 0 unspecified atom stereocenters. The first-order chi connectivity index (χ1) is 9.97. The van der Waals surface area contributed by atoms with Gasteiger partial charge >= 0.3 is 0 Å². The van der Waals surface area contributed by atoms with E-state index in [1.807, 2.05) is 0 Å². The maximum absolute atomic E-state index is 13.4. The third kappa shape index (κ3) is 4.05. The van der Waals surface area contributed by atoms with Crippen LogP contribution in [-0.4, -0.2) is 4.92 Å². The molecule has 0 aromatic heterocycles. The lowest BCUT2D eigenvalue weighted by Crippen LogP contribution is -2.15. The largest absolute Gasteiger partial charge is 0.308 e. The van der Waals surface area contributed by atoms with Crippen LogP contribution in [-0.2, 0) is 13.1 Å². The van der Waals surface area contributed by atoms with Gasteiger partial charge in [-0.3, -0.25) is 10.1 Å². The van der Waals surface area contributed by atoms with Crippen molar-refractivity contribution in [3.8, 4) is 0 Å². The third-order valence-corrected chi connectivity index (χ3v) is 3.37. The first kappa shape index (κ1) is 15.5. The van der Waals surface area contributed by atoms with Gasteiger partial charge in [0.2, 0.25) is 0 Å². The highest BCUT2D eigenvalue weighted by Crippen LogP contribution is 2.23. The molecule has 2 aromatic rings. The first-order valence-corrected chi connectivity index (χ1v) is 6.84. The van der Waals surface area contributed by atoms with E-state index in [2.05, 4.69) is 21.2 Å². The van der Waals surface area contributed by atoms with Crippen LogP contribution in [0.5, 0.6) is 0 Å². The molecule has 0 aliphatic carbocycles. The monoisotopic (exact) mass is 356 g/mol. The van der Waals surface area contributed by atoms with E-state index < -0.39 is 16.6 Å². The van der Waals surface area contributed by atoms with Gasteiger partial charge in [-0.25, -0.2) is 8.78 Å². The van der Waals surface area contributed by atoms with E-state index in [1.165, 1.54) is 6.07 Å². The average molecular weight is 357 g/mol. The van der Waals surface area contributed by atoms with E-state index in [0.29, 0.717) is 10.0 Å². The van der Waals surface area contributed by atoms with Gasteiger partial charge in [0.25, 0.3) is 5.69 Å². The van der Waals surface area contributed by atoms with Gasteiger partial charge < -0.3 is 5.32 Å². The van der Waals surface area contributed by atoms with Crippen LogP contribution in [0.3, 0.4) is 0 Å². The number of nitrogens with zero attached hydrogens (tertiary/aromatic N) is 1. The molecule has 0 aliphatic heterocycles. The number of halogens is 3. The molecule has 0 heterocycles. The predicted molar refractivity (Wildman–Crippen MR) is 77.7 cm³/mol. The van der Waals surface area contributed by atoms with Crippen LogP contribution < -0.4 is 5.32 Å². The van der Waals surface area contributed by atoms with Gasteiger partial charge in [-0.1, -0.05) is 15.9 Å². The molecule has 0 amide bonds. The second kappa shape index (κ2) is 6.73. The number of hydrogen-bond acceptors (Lipinski definition) is 3. The molecule has 0 atom stereocenters. The summed E-state index contributed by atoms with van der Waals surface area (Å²) in [6.07, 6.45) is 0. The molecule has 0 spiro atoms. The standard InChI is InChI=1S/C14H11BrF2N2O2/c15-11-1-4-14(19(20)21)10(5-11)8-18-7-9-6-12(16)2-3-13(9)17/h1-6,18H,7-8H2. The summed E-state index contributed by atoms with van der Waals surface area (Å²) in [6.45, 7) is 0.249. The lowest BCUT2D eigenvalue weighted by Gasteiger charge is -2.07. The average Bonchev–Trinajstić information content (AvgIpc) is 2.42. The second-order valence-electron chi connectivity index (χ2n) is 4.37. The Bertz CT molecular complexity index is 680. The van der Waals surface area contributed by atoms with Gasteiger partial charge in [0.1, 0.15) is 11.6 Å². The highest BCUT2D eigenvalue weighted by molar-refractivity contribution is 9.10. The summed E-state index contributed by atoms with van der Waals surface area (Å²) in [6, 6.07) is 7.77. The van der Waals surface area contributed by atoms with E-state index in [9.17, 15) is 18.9 Å². The highest BCUT2D eigenvalue weighted by Gasteiger charge is 2.13. The van der Waals surface area contributed by atoms with Crippen molar-refractivity contribution in [2.45, 2.75) is 13.1 Å². The van der Waals surface area contributed by atoms with Crippen LogP contribution in [0, 0.1) is 21.7 Å². The van der Waals surface area contributed by atoms with Crippen molar-refractivity contribution >= 4 is 21.6 Å². The molecule has 0 fully saturated rings. The van der Waals surface area contributed by atoms with Gasteiger partial charge in [-0.2, -0.15) is 0 Å². The summed E-state index contributed by atoms with van der Waals surface area (Å²) in [5.41, 5.74) is 0.615. The van der Waals surface area contributed by atoms with E-state index >= 15 is 0 Å². The topological polar surface area (TPSA) is 55.2 Å². The summed E-state index contributed by atoms with van der Waals surface area (Å²) in [5.74, 6) is -1.05. The number of benzene rings is 2. The minimum Gasteiger partial charge on any atom is -0.308 e. The number of hydrogen-bond donors (Lipinski definition) is 1. The van der Waals surface area contributed by atoms with E-state index in [4.69, 9.17) is 0 Å². The number of nitrogens with one attached hydrogen (secondary N) is 1. The van der Waals surface area contributed by atoms with Crippen molar-refractivity contribution in [2.24, 2.45) is 0 Å². The Labute approximate surface area is 128 Å². The molecule has 0 aliphatic rings. The molecule has 0 saturated carbocycles. The molecule has 110 valence electrons. The second-order valence-corrected chi connectivity index (χ2v) is 5.29. The van der Waals surface area contributed by atoms with Crippen LogP contribution in [0.1, 0.15) is 11.1 Å². The molecule has 7 heteroatoms. The molecule has 1 N–H and O–H groups in total. The van der Waals surface area contributed by atoms with Gasteiger partial charge in [0.05, 0.1) is 4.92 Å². The fraction of sp³-hybridized carbons (Fsp3) is 0.143. The summed E-state index contributed by atoms with van der Waals surface area (Å²) in [7, 11) is 0. The zero-order valence-electron chi connectivity index (χ0n) is 10.8. The Morgan fingerprint density at radius 3 is 2.52 bits per heavy atom. The molecular formula is C14H11BrF2N2O2. The van der Waals surface area contributed by atoms with E-state index in [1.54, 1.807) is 12.1 Å². The Hall–Kier alpha value is -1.86. The van der Waals surface area contributed by atoms with Gasteiger partial charge in [-0.05, 0) is 30.3 Å². The Kier molecular flexibility index (Phi) is 4.98. The fourth-order valence-corrected chi connectivity index (χ4v) is 2.29. The van der Waals surface area contributed by atoms with Crippen molar-refractivity contribution in [3.63, 3.8) is 0 Å². The molecule has 4 nitrogen and oxygen atoms in total. The fourth-order valence-electron chi connectivity index (χ4n) is 1.88. The minimum atomic E-state index is -0.526. The van der Waals surface area contributed by atoms with Gasteiger partial charge in [-0.15, -0.1) is 0 Å². The maximum atomic E-state index is 13.4. The Balaban J connectivity index is 2.08. The Morgan fingerprint density at radius 1 is 1.10 bits per heavy atom. The van der Waals surface area contributed by atoms with Crippen LogP contribution >= 0.6 is 15.9 Å². The summed E-state index contributed by atoms with van der Waals surface area (Å²) in [5, 5.41) is 13.8. The van der Waals surface area contributed by atoms with E-state index in [-0.39, 0.29) is 24.3 Å². The van der Waals surface area contributed by atoms with Crippen LogP contribution in [0.15, 0.2) is 40.9 Å². The number of nitro groups is 1. The molecular weight excluding hydrogens is 346 g/mol. The SMILES string of the molecule is O=[N+]([O-])c1ccc(Br)cc1CNCc1cc(F)ccc1F. The molecule has 0 radical (unpaired) electrons. The normalized spacial score (nSPS) is 10.6. The molecule has 0 bridgehead atoms. The van der Waals surface area contributed by atoms with Gasteiger partial charge in [0.15, 0.2) is 0 Å². The van der Waals surface area contributed by atoms with Crippen molar-refractivity contribution < 1.29 is 13.7 Å². The highest BCUT2D eigenvalue weighted by atomic mass is 79.9. The van der Waals surface area contributed by atoms with E-state index in [0.717, 1.165) is 18.2 Å². The van der Waals surface area contributed by atoms with Crippen molar-refractivity contribution in [2.75, 3.05) is 0 Å². The minimum absolute atomic E-state index is 0.0228. The Morgan fingerprint density at radius 2 is 1.81 bits per heavy atom. The molecule has 2 rings (SSSR count). The molecule has 0 saturated heterocycles. The first-order valence-electron chi connectivity index (χ1n) is 6.05. The van der Waals surface area contributed by atoms with Crippen LogP contribution in [0.25, 0.3) is 0 Å². The molecule has 21 heavy (non-hydrogen) atoms. The van der Waals surface area contributed by atoms with Gasteiger partial charge in [0, 0.05) is 34.8 Å². The zero-order valence-corrected chi connectivity index (χ0v) is 12.4. The lowest BCUT2D eigenvalue weighted by atomic mass is 10.1.